The van der Waals surface area contributed by atoms with Crippen LogP contribution in [0.5, 0.6) is 0 Å². The molecule has 0 saturated heterocycles. The van der Waals surface area contributed by atoms with E-state index in [-0.39, 0.29) is 0 Å². The van der Waals surface area contributed by atoms with E-state index >= 15 is 0 Å². The molecule has 1 heterocycles. The second-order valence-corrected chi connectivity index (χ2v) is 3.66. The van der Waals surface area contributed by atoms with Gasteiger partial charge < -0.3 is 14.8 Å². The van der Waals surface area contributed by atoms with Gasteiger partial charge in [-0.3, -0.25) is 0 Å². The van der Waals surface area contributed by atoms with Gasteiger partial charge in [-0.05, 0) is 12.5 Å². The molecule has 0 fully saturated rings. The molecule has 1 unspecified atom stereocenters. The third-order valence-corrected chi connectivity index (χ3v) is 2.75. The maximum Gasteiger partial charge on any atom is 0.189 e. The standard InChI is InChI=1S/C12H15NO2/c1-12(15-3)10-7-5-4-6-9(10)8-11(13-12)14-2/h4-8,13H,1-3H3. The zero-order valence-corrected chi connectivity index (χ0v) is 9.20. The molecule has 1 atom stereocenters. The van der Waals surface area contributed by atoms with Crippen molar-refractivity contribution in [2.24, 2.45) is 0 Å². The molecule has 0 saturated carbocycles. The van der Waals surface area contributed by atoms with Crippen LogP contribution in [-0.2, 0) is 15.2 Å². The maximum absolute atomic E-state index is 5.51. The number of hydrogen-bond donors (Lipinski definition) is 1. The number of hydrogen-bond acceptors (Lipinski definition) is 3. The second-order valence-electron chi connectivity index (χ2n) is 3.66. The highest BCUT2D eigenvalue weighted by Gasteiger charge is 2.32. The Bertz CT molecular complexity index is 400. The summed E-state index contributed by atoms with van der Waals surface area (Å²) in [5.41, 5.74) is 1.72. The van der Waals surface area contributed by atoms with Gasteiger partial charge in [-0.25, -0.2) is 0 Å². The molecule has 3 heteroatoms. The SMILES string of the molecule is COC1=Cc2ccccc2C(C)(OC)N1. The van der Waals surface area contributed by atoms with Crippen LogP contribution in [0.25, 0.3) is 6.08 Å². The molecule has 2 rings (SSSR count). The molecule has 1 aliphatic heterocycles. The molecule has 1 N–H and O–H groups in total. The Hall–Kier alpha value is -1.48. The molecule has 0 aromatic heterocycles. The zero-order chi connectivity index (χ0) is 10.9. The van der Waals surface area contributed by atoms with E-state index < -0.39 is 5.72 Å². The quantitative estimate of drug-likeness (QED) is 0.801. The monoisotopic (exact) mass is 205 g/mol. The van der Waals surface area contributed by atoms with Crippen LogP contribution < -0.4 is 5.32 Å². The van der Waals surface area contributed by atoms with Crippen molar-refractivity contribution in [1.82, 2.24) is 5.32 Å². The summed E-state index contributed by atoms with van der Waals surface area (Å²) in [5, 5.41) is 3.20. The molecular weight excluding hydrogens is 190 g/mol. The molecule has 0 bridgehead atoms. The summed E-state index contributed by atoms with van der Waals surface area (Å²) >= 11 is 0. The van der Waals surface area contributed by atoms with Crippen LogP contribution in [-0.4, -0.2) is 14.2 Å². The van der Waals surface area contributed by atoms with Crippen molar-refractivity contribution < 1.29 is 9.47 Å². The molecule has 3 nitrogen and oxygen atoms in total. The summed E-state index contributed by atoms with van der Waals surface area (Å²) in [7, 11) is 3.32. The van der Waals surface area contributed by atoms with Gasteiger partial charge in [0.1, 0.15) is 0 Å². The lowest BCUT2D eigenvalue weighted by molar-refractivity contribution is -0.0342. The van der Waals surface area contributed by atoms with Crippen molar-refractivity contribution in [3.63, 3.8) is 0 Å². The maximum atomic E-state index is 5.51. The van der Waals surface area contributed by atoms with E-state index in [1.54, 1.807) is 14.2 Å². The topological polar surface area (TPSA) is 30.5 Å². The summed E-state index contributed by atoms with van der Waals surface area (Å²) in [5.74, 6) is 0.720. The van der Waals surface area contributed by atoms with Gasteiger partial charge in [0.25, 0.3) is 0 Å². The van der Waals surface area contributed by atoms with Crippen LogP contribution in [0.15, 0.2) is 30.1 Å². The number of fused-ring (bicyclic) bond motifs is 1. The van der Waals surface area contributed by atoms with Crippen LogP contribution in [0.2, 0.25) is 0 Å². The molecule has 0 amide bonds. The Kier molecular flexibility index (Phi) is 2.40. The zero-order valence-electron chi connectivity index (χ0n) is 9.20. The fourth-order valence-electron chi connectivity index (χ4n) is 1.81. The molecule has 1 aromatic rings. The highest BCUT2D eigenvalue weighted by atomic mass is 16.5. The Morgan fingerprint density at radius 2 is 1.93 bits per heavy atom. The van der Waals surface area contributed by atoms with E-state index in [4.69, 9.17) is 9.47 Å². The molecular formula is C12H15NO2. The van der Waals surface area contributed by atoms with Crippen molar-refractivity contribution in [1.29, 1.82) is 0 Å². The number of nitrogens with one attached hydrogen (secondary N) is 1. The molecule has 1 aliphatic rings. The molecule has 0 radical (unpaired) electrons. The van der Waals surface area contributed by atoms with Crippen molar-refractivity contribution >= 4 is 6.08 Å². The smallest absolute Gasteiger partial charge is 0.189 e. The number of methoxy groups -OCH3 is 2. The van der Waals surface area contributed by atoms with Gasteiger partial charge in [-0.2, -0.15) is 0 Å². The molecule has 80 valence electrons. The minimum absolute atomic E-state index is 0.517. The predicted molar refractivity (Wildman–Crippen MR) is 58.9 cm³/mol. The largest absolute Gasteiger partial charge is 0.482 e. The number of ether oxygens (including phenoxy) is 2. The lowest BCUT2D eigenvalue weighted by Gasteiger charge is -2.35. The fourth-order valence-corrected chi connectivity index (χ4v) is 1.81. The van der Waals surface area contributed by atoms with Crippen molar-refractivity contribution in [2.45, 2.75) is 12.6 Å². The van der Waals surface area contributed by atoms with Crippen LogP contribution in [0.1, 0.15) is 18.1 Å². The molecule has 15 heavy (non-hydrogen) atoms. The first kappa shape index (κ1) is 10.1. The van der Waals surface area contributed by atoms with E-state index in [0.29, 0.717) is 0 Å². The number of rotatable bonds is 2. The van der Waals surface area contributed by atoms with Crippen LogP contribution in [0.4, 0.5) is 0 Å². The summed E-state index contributed by atoms with van der Waals surface area (Å²) in [6.07, 6.45) is 1.97. The third-order valence-electron chi connectivity index (χ3n) is 2.75. The Morgan fingerprint density at radius 3 is 2.60 bits per heavy atom. The van der Waals surface area contributed by atoms with Crippen LogP contribution in [0.3, 0.4) is 0 Å². The van der Waals surface area contributed by atoms with E-state index in [0.717, 1.165) is 17.0 Å². The lowest BCUT2D eigenvalue weighted by atomic mass is 9.95. The molecule has 0 spiro atoms. The first-order valence-electron chi connectivity index (χ1n) is 4.88. The summed E-state index contributed by atoms with van der Waals surface area (Å²) in [6, 6.07) is 8.11. The second kappa shape index (κ2) is 3.59. The minimum Gasteiger partial charge on any atom is -0.482 e. The first-order valence-corrected chi connectivity index (χ1v) is 4.88. The normalized spacial score (nSPS) is 23.8. The summed E-state index contributed by atoms with van der Waals surface area (Å²) < 4.78 is 10.7. The molecule has 1 aromatic carbocycles. The van der Waals surface area contributed by atoms with Crippen molar-refractivity contribution in [2.75, 3.05) is 14.2 Å². The first-order chi connectivity index (χ1) is 7.19. The number of benzene rings is 1. The summed E-state index contributed by atoms with van der Waals surface area (Å²) in [6.45, 7) is 1.98. The average Bonchev–Trinajstić information content (AvgIpc) is 2.29. The van der Waals surface area contributed by atoms with Crippen molar-refractivity contribution in [3.05, 3.63) is 41.3 Å². The van der Waals surface area contributed by atoms with Gasteiger partial charge in [0.15, 0.2) is 11.6 Å². The van der Waals surface area contributed by atoms with E-state index in [1.165, 1.54) is 0 Å². The predicted octanol–water partition coefficient (Wildman–Crippen LogP) is 2.05. The van der Waals surface area contributed by atoms with E-state index in [9.17, 15) is 0 Å². The minimum atomic E-state index is -0.517. The fraction of sp³-hybridized carbons (Fsp3) is 0.333. The van der Waals surface area contributed by atoms with E-state index in [2.05, 4.69) is 11.4 Å². The van der Waals surface area contributed by atoms with Gasteiger partial charge in [0, 0.05) is 18.7 Å². The van der Waals surface area contributed by atoms with Gasteiger partial charge in [-0.1, -0.05) is 24.3 Å². The van der Waals surface area contributed by atoms with Crippen molar-refractivity contribution in [3.8, 4) is 0 Å². The summed E-state index contributed by atoms with van der Waals surface area (Å²) in [4.78, 5) is 0. The lowest BCUT2D eigenvalue weighted by Crippen LogP contribution is -2.43. The van der Waals surface area contributed by atoms with Gasteiger partial charge in [-0.15, -0.1) is 0 Å². The van der Waals surface area contributed by atoms with Gasteiger partial charge >= 0.3 is 0 Å². The van der Waals surface area contributed by atoms with E-state index in [1.807, 2.05) is 31.2 Å². The Labute approximate surface area is 89.7 Å². The Morgan fingerprint density at radius 1 is 1.20 bits per heavy atom. The van der Waals surface area contributed by atoms with Crippen LogP contribution >= 0.6 is 0 Å². The van der Waals surface area contributed by atoms with Gasteiger partial charge in [0.05, 0.1) is 7.11 Å². The van der Waals surface area contributed by atoms with Crippen LogP contribution in [0, 0.1) is 0 Å². The third kappa shape index (κ3) is 1.59. The molecule has 0 aliphatic carbocycles. The highest BCUT2D eigenvalue weighted by Crippen LogP contribution is 2.31. The average molecular weight is 205 g/mol. The highest BCUT2D eigenvalue weighted by molar-refractivity contribution is 5.59. The van der Waals surface area contributed by atoms with Gasteiger partial charge in [0.2, 0.25) is 0 Å². The Balaban J connectivity index is 2.54.